The lowest BCUT2D eigenvalue weighted by atomic mass is 10.2. The molecule has 0 aliphatic heterocycles. The zero-order chi connectivity index (χ0) is 11.7. The second-order valence-electron chi connectivity index (χ2n) is 2.92. The minimum atomic E-state index is -1.48. The standard InChI is InChI=1S/C9H6F3N3S/c1-13-9-15-14-8(16-9)4-2-5(10)7(12)6(11)3-4/h2-3H,1H3,(H,13,15). The van der Waals surface area contributed by atoms with Crippen molar-refractivity contribution in [3.8, 4) is 10.6 Å². The zero-order valence-electron chi connectivity index (χ0n) is 8.09. The van der Waals surface area contributed by atoms with Crippen molar-refractivity contribution in [1.82, 2.24) is 10.2 Å². The van der Waals surface area contributed by atoms with Gasteiger partial charge in [0.25, 0.3) is 0 Å². The largest absolute Gasteiger partial charge is 0.363 e. The quantitative estimate of drug-likeness (QED) is 0.826. The predicted molar refractivity (Wildman–Crippen MR) is 54.8 cm³/mol. The molecule has 0 unspecified atom stereocenters. The van der Waals surface area contributed by atoms with Crippen LogP contribution in [0.4, 0.5) is 18.3 Å². The number of aromatic nitrogens is 2. The number of halogens is 3. The van der Waals surface area contributed by atoms with Gasteiger partial charge in [0.1, 0.15) is 5.01 Å². The summed E-state index contributed by atoms with van der Waals surface area (Å²) in [5, 5.41) is 11.0. The van der Waals surface area contributed by atoms with E-state index >= 15 is 0 Å². The maximum absolute atomic E-state index is 12.9. The van der Waals surface area contributed by atoms with Crippen LogP contribution < -0.4 is 5.32 Å². The van der Waals surface area contributed by atoms with Crippen molar-refractivity contribution in [1.29, 1.82) is 0 Å². The molecule has 2 aromatic rings. The van der Waals surface area contributed by atoms with Gasteiger partial charge in [0.15, 0.2) is 17.5 Å². The molecule has 2 rings (SSSR count). The van der Waals surface area contributed by atoms with Crippen LogP contribution in [0.15, 0.2) is 12.1 Å². The molecule has 1 N–H and O–H groups in total. The van der Waals surface area contributed by atoms with E-state index in [1.54, 1.807) is 7.05 Å². The predicted octanol–water partition coefficient (Wildman–Crippen LogP) is 2.66. The number of rotatable bonds is 2. The van der Waals surface area contributed by atoms with E-state index in [9.17, 15) is 13.2 Å². The first-order chi connectivity index (χ1) is 7.61. The van der Waals surface area contributed by atoms with Gasteiger partial charge in [0, 0.05) is 12.6 Å². The number of benzene rings is 1. The van der Waals surface area contributed by atoms with Gasteiger partial charge in [-0.2, -0.15) is 0 Å². The second-order valence-corrected chi connectivity index (χ2v) is 3.89. The summed E-state index contributed by atoms with van der Waals surface area (Å²) in [4.78, 5) is 0. The van der Waals surface area contributed by atoms with E-state index in [0.29, 0.717) is 10.1 Å². The van der Waals surface area contributed by atoms with Crippen molar-refractivity contribution in [2.24, 2.45) is 0 Å². The summed E-state index contributed by atoms with van der Waals surface area (Å²) >= 11 is 1.12. The van der Waals surface area contributed by atoms with Crippen LogP contribution in [-0.4, -0.2) is 17.2 Å². The van der Waals surface area contributed by atoms with Crippen LogP contribution in [0.3, 0.4) is 0 Å². The molecule has 0 atom stereocenters. The van der Waals surface area contributed by atoms with Gasteiger partial charge in [-0.25, -0.2) is 13.2 Å². The fourth-order valence-electron chi connectivity index (χ4n) is 1.12. The summed E-state index contributed by atoms with van der Waals surface area (Å²) in [5.41, 5.74) is 0.162. The Labute approximate surface area is 92.9 Å². The first-order valence-electron chi connectivity index (χ1n) is 4.28. The van der Waals surface area contributed by atoms with Crippen molar-refractivity contribution in [3.63, 3.8) is 0 Å². The minimum absolute atomic E-state index is 0.162. The maximum atomic E-state index is 12.9. The van der Waals surface area contributed by atoms with Crippen LogP contribution in [0.1, 0.15) is 0 Å². The molecule has 0 aliphatic rings. The van der Waals surface area contributed by atoms with Gasteiger partial charge in [-0.15, -0.1) is 10.2 Å². The third-order valence-corrected chi connectivity index (χ3v) is 2.86. The lowest BCUT2D eigenvalue weighted by Crippen LogP contribution is -1.91. The number of hydrogen-bond donors (Lipinski definition) is 1. The van der Waals surface area contributed by atoms with Crippen molar-refractivity contribution in [2.75, 3.05) is 12.4 Å². The minimum Gasteiger partial charge on any atom is -0.363 e. The molecule has 0 saturated carbocycles. The van der Waals surface area contributed by atoms with Crippen LogP contribution in [0.5, 0.6) is 0 Å². The van der Waals surface area contributed by atoms with E-state index < -0.39 is 17.5 Å². The van der Waals surface area contributed by atoms with Gasteiger partial charge >= 0.3 is 0 Å². The van der Waals surface area contributed by atoms with E-state index in [-0.39, 0.29) is 5.56 Å². The summed E-state index contributed by atoms with van der Waals surface area (Å²) in [7, 11) is 1.65. The SMILES string of the molecule is CNc1nnc(-c2cc(F)c(F)c(F)c2)s1. The Balaban J connectivity index is 2.48. The monoisotopic (exact) mass is 245 g/mol. The molecule has 0 bridgehead atoms. The summed E-state index contributed by atoms with van der Waals surface area (Å²) in [6, 6.07) is 1.77. The average molecular weight is 245 g/mol. The van der Waals surface area contributed by atoms with E-state index in [2.05, 4.69) is 15.5 Å². The molecule has 16 heavy (non-hydrogen) atoms. The molecule has 0 saturated heterocycles. The van der Waals surface area contributed by atoms with Crippen LogP contribution in [-0.2, 0) is 0 Å². The Bertz CT molecular complexity index is 503. The Morgan fingerprint density at radius 1 is 1.12 bits per heavy atom. The van der Waals surface area contributed by atoms with Gasteiger partial charge in [-0.3, -0.25) is 0 Å². The van der Waals surface area contributed by atoms with Crippen molar-refractivity contribution in [3.05, 3.63) is 29.6 Å². The summed E-state index contributed by atoms with van der Waals surface area (Å²) in [6.45, 7) is 0. The number of nitrogens with zero attached hydrogens (tertiary/aromatic N) is 2. The highest BCUT2D eigenvalue weighted by molar-refractivity contribution is 7.18. The van der Waals surface area contributed by atoms with Gasteiger partial charge in [-0.1, -0.05) is 11.3 Å². The molecule has 1 heterocycles. The number of nitrogens with one attached hydrogen (secondary N) is 1. The molecule has 0 aliphatic carbocycles. The maximum Gasteiger partial charge on any atom is 0.205 e. The van der Waals surface area contributed by atoms with Crippen LogP contribution in [0, 0.1) is 17.5 Å². The smallest absolute Gasteiger partial charge is 0.205 e. The average Bonchev–Trinajstić information content (AvgIpc) is 2.73. The van der Waals surface area contributed by atoms with Gasteiger partial charge in [0.05, 0.1) is 0 Å². The molecule has 0 spiro atoms. The first kappa shape index (κ1) is 10.9. The van der Waals surface area contributed by atoms with Crippen molar-refractivity contribution >= 4 is 16.5 Å². The second kappa shape index (κ2) is 4.09. The molecule has 0 amide bonds. The van der Waals surface area contributed by atoms with E-state index in [0.717, 1.165) is 23.5 Å². The lowest BCUT2D eigenvalue weighted by Gasteiger charge is -1.98. The highest BCUT2D eigenvalue weighted by Crippen LogP contribution is 2.28. The fraction of sp³-hybridized carbons (Fsp3) is 0.111. The van der Waals surface area contributed by atoms with Crippen LogP contribution in [0.25, 0.3) is 10.6 Å². The molecular formula is C9H6F3N3S. The third-order valence-electron chi connectivity index (χ3n) is 1.87. The molecule has 0 radical (unpaired) electrons. The van der Waals surface area contributed by atoms with Crippen LogP contribution in [0.2, 0.25) is 0 Å². The molecule has 1 aromatic carbocycles. The number of hydrogen-bond acceptors (Lipinski definition) is 4. The summed E-state index contributed by atoms with van der Waals surface area (Å²) in [6.07, 6.45) is 0. The summed E-state index contributed by atoms with van der Waals surface area (Å²) in [5.74, 6) is -3.96. The lowest BCUT2D eigenvalue weighted by molar-refractivity contribution is 0.447. The molecule has 1 aromatic heterocycles. The molecule has 3 nitrogen and oxygen atoms in total. The van der Waals surface area contributed by atoms with Crippen LogP contribution >= 0.6 is 11.3 Å². The topological polar surface area (TPSA) is 37.8 Å². The van der Waals surface area contributed by atoms with E-state index in [4.69, 9.17) is 0 Å². The number of anilines is 1. The highest BCUT2D eigenvalue weighted by atomic mass is 32.1. The molecule has 7 heteroatoms. The Morgan fingerprint density at radius 3 is 2.25 bits per heavy atom. The van der Waals surface area contributed by atoms with Crippen molar-refractivity contribution < 1.29 is 13.2 Å². The van der Waals surface area contributed by atoms with E-state index in [1.807, 2.05) is 0 Å². The molecular weight excluding hydrogens is 239 g/mol. The molecule has 0 fully saturated rings. The molecule has 84 valence electrons. The van der Waals surface area contributed by atoms with Gasteiger partial charge in [0.2, 0.25) is 5.13 Å². The Kier molecular flexibility index (Phi) is 2.78. The third kappa shape index (κ3) is 1.85. The Morgan fingerprint density at radius 2 is 1.75 bits per heavy atom. The first-order valence-corrected chi connectivity index (χ1v) is 5.09. The van der Waals surface area contributed by atoms with Gasteiger partial charge in [-0.05, 0) is 12.1 Å². The van der Waals surface area contributed by atoms with Gasteiger partial charge < -0.3 is 5.32 Å². The highest BCUT2D eigenvalue weighted by Gasteiger charge is 2.14. The fourth-order valence-corrected chi connectivity index (χ4v) is 1.80. The normalized spacial score (nSPS) is 10.5. The van der Waals surface area contributed by atoms with E-state index in [1.165, 1.54) is 0 Å². The summed E-state index contributed by atoms with van der Waals surface area (Å²) < 4.78 is 38.6. The zero-order valence-corrected chi connectivity index (χ0v) is 8.91. The Hall–Kier alpha value is -1.63. The van der Waals surface area contributed by atoms with Crippen molar-refractivity contribution in [2.45, 2.75) is 0 Å².